The van der Waals surface area contributed by atoms with E-state index in [2.05, 4.69) is 22.8 Å². The van der Waals surface area contributed by atoms with Crippen molar-refractivity contribution in [3.8, 4) is 6.07 Å². The molecule has 0 aromatic heterocycles. The molecule has 0 aliphatic heterocycles. The molecule has 17 heavy (non-hydrogen) atoms. The van der Waals surface area contributed by atoms with Crippen molar-refractivity contribution in [1.29, 1.82) is 5.26 Å². The highest BCUT2D eigenvalue weighted by molar-refractivity contribution is 5.13. The molecule has 0 saturated carbocycles. The van der Waals surface area contributed by atoms with Gasteiger partial charge in [0.05, 0.1) is 6.07 Å². The second-order valence-corrected chi connectivity index (χ2v) is 3.03. The van der Waals surface area contributed by atoms with E-state index in [0.717, 1.165) is 13.1 Å². The van der Waals surface area contributed by atoms with E-state index in [0.29, 0.717) is 6.42 Å². The van der Waals surface area contributed by atoms with E-state index in [9.17, 15) is 0 Å². The Balaban J connectivity index is 0. The maximum absolute atomic E-state index is 7.91. The summed E-state index contributed by atoms with van der Waals surface area (Å²) < 4.78 is 0. The molecule has 0 spiro atoms. The van der Waals surface area contributed by atoms with Crippen molar-refractivity contribution in [3.05, 3.63) is 35.9 Å². The van der Waals surface area contributed by atoms with E-state index in [4.69, 9.17) is 5.26 Å². The van der Waals surface area contributed by atoms with Gasteiger partial charge in [0.25, 0.3) is 0 Å². The molecule has 3 heteroatoms. The maximum Gasteiger partial charge on any atom is 0.0635 e. The lowest BCUT2D eigenvalue weighted by Crippen LogP contribution is -2.05. The van der Waals surface area contributed by atoms with E-state index in [-0.39, 0.29) is 0 Å². The van der Waals surface area contributed by atoms with Crippen LogP contribution in [-0.4, -0.2) is 20.6 Å². The number of hydrogen-bond donors (Lipinski definition) is 2. The van der Waals surface area contributed by atoms with Gasteiger partial charge in [-0.25, -0.2) is 0 Å². The quantitative estimate of drug-likeness (QED) is 0.788. The van der Waals surface area contributed by atoms with Crippen molar-refractivity contribution in [3.63, 3.8) is 0 Å². The molecule has 0 radical (unpaired) electrons. The van der Waals surface area contributed by atoms with Gasteiger partial charge in [-0.1, -0.05) is 44.2 Å². The predicted molar refractivity (Wildman–Crippen MR) is 74.7 cm³/mol. The summed E-state index contributed by atoms with van der Waals surface area (Å²) in [5.74, 6) is 0. The molecule has 0 saturated heterocycles. The lowest BCUT2D eigenvalue weighted by Gasteiger charge is -1.95. The smallest absolute Gasteiger partial charge is 0.0635 e. The summed E-state index contributed by atoms with van der Waals surface area (Å²) in [6.45, 7) is 5.76. The minimum Gasteiger partial charge on any atom is -0.319 e. The topological polar surface area (TPSA) is 47.9 Å². The van der Waals surface area contributed by atoms with Crippen LogP contribution in [0.4, 0.5) is 0 Å². The Labute approximate surface area is 106 Å². The summed E-state index contributed by atoms with van der Waals surface area (Å²) in [6, 6.07) is 12.3. The van der Waals surface area contributed by atoms with Crippen LogP contribution >= 0.6 is 0 Å². The monoisotopic (exact) mass is 235 g/mol. The van der Waals surface area contributed by atoms with Crippen LogP contribution in [0.25, 0.3) is 0 Å². The molecule has 0 amide bonds. The minimum atomic E-state index is 0.608. The van der Waals surface area contributed by atoms with Crippen LogP contribution in [0.15, 0.2) is 30.3 Å². The highest BCUT2D eigenvalue weighted by Gasteiger charge is 1.83. The first-order chi connectivity index (χ1) is 8.35. The van der Waals surface area contributed by atoms with Crippen LogP contribution in [0, 0.1) is 11.3 Å². The fraction of sp³-hybridized carbons (Fsp3) is 0.500. The maximum atomic E-state index is 7.91. The molecule has 0 aliphatic rings. The normalized spacial score (nSPS) is 7.94. The molecule has 0 unspecified atom stereocenters. The Hall–Kier alpha value is -1.37. The largest absolute Gasteiger partial charge is 0.319 e. The number of nitriles is 1. The molecule has 1 aromatic rings. The molecule has 0 fully saturated rings. The van der Waals surface area contributed by atoms with Crippen LogP contribution in [0.5, 0.6) is 0 Å². The van der Waals surface area contributed by atoms with Gasteiger partial charge in [0, 0.05) is 19.5 Å². The molecule has 0 aliphatic carbocycles. The Morgan fingerprint density at radius 3 is 2.00 bits per heavy atom. The van der Waals surface area contributed by atoms with Gasteiger partial charge in [-0.15, -0.1) is 0 Å². The summed E-state index contributed by atoms with van der Waals surface area (Å²) in [6.07, 6.45) is 0.608. The highest BCUT2D eigenvalue weighted by atomic mass is 14.8. The predicted octanol–water partition coefficient (Wildman–Crippen LogP) is 2.55. The van der Waals surface area contributed by atoms with Crippen LogP contribution in [0.1, 0.15) is 25.8 Å². The number of nitrogens with one attached hydrogen (secondary N) is 2. The van der Waals surface area contributed by atoms with Gasteiger partial charge in [-0.3, -0.25) is 0 Å². The molecular formula is C14H25N3. The van der Waals surface area contributed by atoms with Gasteiger partial charge in [-0.05, 0) is 19.7 Å². The zero-order chi connectivity index (χ0) is 13.4. The summed E-state index contributed by atoms with van der Waals surface area (Å²) in [4.78, 5) is 0. The van der Waals surface area contributed by atoms with E-state index < -0.39 is 0 Å². The molecule has 0 atom stereocenters. The van der Waals surface area contributed by atoms with Gasteiger partial charge in [0.2, 0.25) is 0 Å². The van der Waals surface area contributed by atoms with Crippen molar-refractivity contribution in [2.75, 3.05) is 20.6 Å². The van der Waals surface area contributed by atoms with E-state index in [1.807, 2.05) is 52.2 Å². The molecule has 2 N–H and O–H groups in total. The third-order valence-electron chi connectivity index (χ3n) is 1.71. The average molecular weight is 235 g/mol. The van der Waals surface area contributed by atoms with Crippen LogP contribution < -0.4 is 10.6 Å². The third kappa shape index (κ3) is 14.6. The molecule has 1 aromatic carbocycles. The average Bonchev–Trinajstić information content (AvgIpc) is 2.41. The minimum absolute atomic E-state index is 0.608. The fourth-order valence-corrected chi connectivity index (χ4v) is 0.981. The Morgan fingerprint density at radius 1 is 1.06 bits per heavy atom. The number of benzene rings is 1. The lowest BCUT2D eigenvalue weighted by atomic mass is 10.2. The molecule has 0 bridgehead atoms. The molecule has 96 valence electrons. The number of hydrogen-bond acceptors (Lipinski definition) is 3. The van der Waals surface area contributed by atoms with Gasteiger partial charge in [0.1, 0.15) is 0 Å². The molecule has 0 heterocycles. The van der Waals surface area contributed by atoms with Gasteiger partial charge < -0.3 is 10.6 Å². The fourth-order valence-electron chi connectivity index (χ4n) is 0.981. The zero-order valence-electron chi connectivity index (χ0n) is 11.5. The second kappa shape index (κ2) is 17.0. The zero-order valence-corrected chi connectivity index (χ0v) is 11.5. The van der Waals surface area contributed by atoms with Crippen molar-refractivity contribution in [1.82, 2.24) is 10.6 Å². The first-order valence-electron chi connectivity index (χ1n) is 6.05. The van der Waals surface area contributed by atoms with Crippen LogP contribution in [-0.2, 0) is 6.54 Å². The van der Waals surface area contributed by atoms with E-state index in [1.54, 1.807) is 0 Å². The van der Waals surface area contributed by atoms with Gasteiger partial charge in [0.15, 0.2) is 0 Å². The number of rotatable bonds is 4. The summed E-state index contributed by atoms with van der Waals surface area (Å²) in [5, 5.41) is 13.8. The third-order valence-corrected chi connectivity index (χ3v) is 1.71. The number of nitrogens with zero attached hydrogens (tertiary/aromatic N) is 1. The van der Waals surface area contributed by atoms with Gasteiger partial charge >= 0.3 is 0 Å². The van der Waals surface area contributed by atoms with Crippen LogP contribution in [0.3, 0.4) is 0 Å². The standard InChI is InChI=1S/C8H11N.C4H8N2.C2H6/c1-9-7-8-5-3-2-4-6-8;1-6-4-2-3-5;1-2/h2-6,9H,7H2,1H3;6H,2,4H2,1H3;1-2H3. The molecular weight excluding hydrogens is 210 g/mol. The van der Waals surface area contributed by atoms with E-state index >= 15 is 0 Å². The van der Waals surface area contributed by atoms with Crippen molar-refractivity contribution < 1.29 is 0 Å². The Bertz CT molecular complexity index is 265. The molecule has 1 rings (SSSR count). The Morgan fingerprint density at radius 2 is 1.65 bits per heavy atom. The van der Waals surface area contributed by atoms with Crippen molar-refractivity contribution >= 4 is 0 Å². The van der Waals surface area contributed by atoms with E-state index in [1.165, 1.54) is 5.56 Å². The van der Waals surface area contributed by atoms with Crippen molar-refractivity contribution in [2.45, 2.75) is 26.8 Å². The summed E-state index contributed by atoms with van der Waals surface area (Å²) in [7, 11) is 3.78. The Kier molecular flexibility index (Phi) is 18.0. The van der Waals surface area contributed by atoms with Crippen molar-refractivity contribution in [2.24, 2.45) is 0 Å². The van der Waals surface area contributed by atoms with Crippen LogP contribution in [0.2, 0.25) is 0 Å². The first-order valence-corrected chi connectivity index (χ1v) is 6.05. The first kappa shape index (κ1) is 18.0. The summed E-state index contributed by atoms with van der Waals surface area (Å²) >= 11 is 0. The second-order valence-electron chi connectivity index (χ2n) is 3.03. The molecule has 3 nitrogen and oxygen atoms in total. The highest BCUT2D eigenvalue weighted by Crippen LogP contribution is 1.95. The lowest BCUT2D eigenvalue weighted by molar-refractivity contribution is 0.813. The SMILES string of the molecule is CC.CNCCC#N.CNCc1ccccc1. The van der Waals surface area contributed by atoms with Gasteiger partial charge in [-0.2, -0.15) is 5.26 Å². The summed E-state index contributed by atoms with van der Waals surface area (Å²) in [5.41, 5.74) is 1.33.